The van der Waals surface area contributed by atoms with Crippen LogP contribution in [-0.2, 0) is 0 Å². The van der Waals surface area contributed by atoms with Crippen molar-refractivity contribution >= 4 is 33.0 Å². The van der Waals surface area contributed by atoms with Gasteiger partial charge in [0.2, 0.25) is 0 Å². The van der Waals surface area contributed by atoms with E-state index < -0.39 is 0 Å². The predicted octanol–water partition coefficient (Wildman–Crippen LogP) is 5.02. The highest BCUT2D eigenvalue weighted by Crippen LogP contribution is 2.30. The SMILES string of the molecule is CC(Oc1cccc(Cl)c1)C(N)c1cccc2ccsc12. The normalized spacial score (nSPS) is 14.0. The molecule has 2 nitrogen and oxygen atoms in total. The number of ether oxygens (including phenoxy) is 1. The van der Waals surface area contributed by atoms with Gasteiger partial charge in [-0.25, -0.2) is 0 Å². The fourth-order valence-electron chi connectivity index (χ4n) is 2.36. The van der Waals surface area contributed by atoms with E-state index in [0.29, 0.717) is 5.02 Å². The third-order valence-corrected chi connectivity index (χ3v) is 4.71. The van der Waals surface area contributed by atoms with Crippen LogP contribution in [0.25, 0.3) is 10.1 Å². The maximum atomic E-state index is 6.40. The second-order valence-electron chi connectivity index (χ2n) is 4.99. The van der Waals surface area contributed by atoms with Crippen molar-refractivity contribution in [1.82, 2.24) is 0 Å². The van der Waals surface area contributed by atoms with Gasteiger partial charge in [-0.15, -0.1) is 11.3 Å². The van der Waals surface area contributed by atoms with Crippen molar-refractivity contribution in [3.63, 3.8) is 0 Å². The average molecular weight is 318 g/mol. The van der Waals surface area contributed by atoms with Crippen LogP contribution in [0.5, 0.6) is 5.75 Å². The van der Waals surface area contributed by atoms with Crippen LogP contribution in [0.15, 0.2) is 53.9 Å². The van der Waals surface area contributed by atoms with Gasteiger partial charge in [0, 0.05) is 9.72 Å². The fraction of sp³-hybridized carbons (Fsp3) is 0.176. The molecule has 2 N–H and O–H groups in total. The molecule has 0 fully saturated rings. The Balaban J connectivity index is 1.84. The molecule has 0 amide bonds. The summed E-state index contributed by atoms with van der Waals surface area (Å²) in [6.07, 6.45) is -0.142. The van der Waals surface area contributed by atoms with Gasteiger partial charge in [-0.3, -0.25) is 0 Å². The van der Waals surface area contributed by atoms with E-state index in [4.69, 9.17) is 22.1 Å². The topological polar surface area (TPSA) is 35.2 Å². The second kappa shape index (κ2) is 6.06. The number of halogens is 1. The Morgan fingerprint density at radius 1 is 1.14 bits per heavy atom. The van der Waals surface area contributed by atoms with E-state index in [1.807, 2.05) is 31.2 Å². The van der Waals surface area contributed by atoms with Crippen molar-refractivity contribution in [2.75, 3.05) is 0 Å². The summed E-state index contributed by atoms with van der Waals surface area (Å²) < 4.78 is 7.16. The minimum Gasteiger partial charge on any atom is -0.489 e. The first-order chi connectivity index (χ1) is 10.1. The maximum absolute atomic E-state index is 6.40. The van der Waals surface area contributed by atoms with Crippen LogP contribution in [-0.4, -0.2) is 6.10 Å². The standard InChI is InChI=1S/C17H16ClNOS/c1-11(20-14-6-3-5-13(18)10-14)16(19)15-7-2-4-12-8-9-21-17(12)15/h2-11,16H,19H2,1H3. The number of benzene rings is 2. The summed E-state index contributed by atoms with van der Waals surface area (Å²) in [7, 11) is 0. The highest BCUT2D eigenvalue weighted by molar-refractivity contribution is 7.17. The lowest BCUT2D eigenvalue weighted by Gasteiger charge is -2.22. The Morgan fingerprint density at radius 2 is 1.95 bits per heavy atom. The van der Waals surface area contributed by atoms with E-state index in [2.05, 4.69) is 23.6 Å². The molecule has 1 heterocycles. The maximum Gasteiger partial charge on any atom is 0.121 e. The Labute approximate surface area is 133 Å². The van der Waals surface area contributed by atoms with Crippen molar-refractivity contribution in [3.05, 3.63) is 64.5 Å². The molecular formula is C17H16ClNOS. The highest BCUT2D eigenvalue weighted by Gasteiger charge is 2.19. The summed E-state index contributed by atoms with van der Waals surface area (Å²) >= 11 is 7.69. The molecule has 0 bridgehead atoms. The molecule has 0 saturated carbocycles. The lowest BCUT2D eigenvalue weighted by Crippen LogP contribution is -2.28. The number of fused-ring (bicyclic) bond motifs is 1. The fourth-order valence-corrected chi connectivity index (χ4v) is 3.50. The molecular weight excluding hydrogens is 302 g/mol. The molecule has 0 radical (unpaired) electrons. The van der Waals surface area contributed by atoms with Crippen LogP contribution in [0, 0.1) is 0 Å². The summed E-state index contributed by atoms with van der Waals surface area (Å²) in [6, 6.07) is 15.5. The van der Waals surface area contributed by atoms with Gasteiger partial charge in [-0.2, -0.15) is 0 Å². The third kappa shape index (κ3) is 3.05. The number of nitrogens with two attached hydrogens (primary N) is 1. The molecule has 4 heteroatoms. The summed E-state index contributed by atoms with van der Waals surface area (Å²) in [5.74, 6) is 0.740. The van der Waals surface area contributed by atoms with Gasteiger partial charge < -0.3 is 10.5 Å². The van der Waals surface area contributed by atoms with Crippen molar-refractivity contribution in [2.24, 2.45) is 5.73 Å². The van der Waals surface area contributed by atoms with E-state index in [9.17, 15) is 0 Å². The predicted molar refractivity (Wildman–Crippen MR) is 90.3 cm³/mol. The Kier molecular flexibility index (Phi) is 4.15. The van der Waals surface area contributed by atoms with E-state index >= 15 is 0 Å². The molecule has 0 aliphatic carbocycles. The summed E-state index contributed by atoms with van der Waals surface area (Å²) in [5, 5.41) is 3.97. The molecule has 2 atom stereocenters. The average Bonchev–Trinajstić information content (AvgIpc) is 2.94. The van der Waals surface area contributed by atoms with Gasteiger partial charge >= 0.3 is 0 Å². The van der Waals surface area contributed by atoms with Crippen LogP contribution < -0.4 is 10.5 Å². The smallest absolute Gasteiger partial charge is 0.121 e. The van der Waals surface area contributed by atoms with Crippen molar-refractivity contribution in [3.8, 4) is 5.75 Å². The van der Waals surface area contributed by atoms with Gasteiger partial charge in [0.1, 0.15) is 11.9 Å². The first kappa shape index (κ1) is 14.4. The molecule has 0 aliphatic rings. The zero-order valence-electron chi connectivity index (χ0n) is 11.6. The van der Waals surface area contributed by atoms with E-state index in [0.717, 1.165) is 11.3 Å². The Bertz CT molecular complexity index is 755. The molecule has 0 aliphatic heterocycles. The third-order valence-electron chi connectivity index (χ3n) is 3.49. The molecule has 0 saturated heterocycles. The summed E-state index contributed by atoms with van der Waals surface area (Å²) in [4.78, 5) is 0. The molecule has 2 unspecified atom stereocenters. The zero-order valence-corrected chi connectivity index (χ0v) is 13.2. The lowest BCUT2D eigenvalue weighted by atomic mass is 10.0. The second-order valence-corrected chi connectivity index (χ2v) is 6.34. The lowest BCUT2D eigenvalue weighted by molar-refractivity contribution is 0.191. The van der Waals surface area contributed by atoms with Gasteiger partial charge in [0.25, 0.3) is 0 Å². The van der Waals surface area contributed by atoms with Gasteiger partial charge in [-0.1, -0.05) is 35.9 Å². The van der Waals surface area contributed by atoms with Crippen molar-refractivity contribution in [1.29, 1.82) is 0 Å². The number of rotatable bonds is 4. The molecule has 1 aromatic heterocycles. The van der Waals surface area contributed by atoms with Crippen LogP contribution in [0.1, 0.15) is 18.5 Å². The first-order valence-corrected chi connectivity index (χ1v) is 8.05. The molecule has 21 heavy (non-hydrogen) atoms. The van der Waals surface area contributed by atoms with Crippen molar-refractivity contribution < 1.29 is 4.74 Å². The molecule has 3 aromatic rings. The number of hydrogen-bond acceptors (Lipinski definition) is 3. The minimum absolute atomic E-state index is 0.142. The Morgan fingerprint density at radius 3 is 2.76 bits per heavy atom. The highest BCUT2D eigenvalue weighted by atomic mass is 35.5. The van der Waals surface area contributed by atoms with Gasteiger partial charge in [0.15, 0.2) is 0 Å². The Hall–Kier alpha value is -1.55. The zero-order chi connectivity index (χ0) is 14.8. The monoisotopic (exact) mass is 317 g/mol. The molecule has 108 valence electrons. The van der Waals surface area contributed by atoms with E-state index in [1.54, 1.807) is 17.4 Å². The van der Waals surface area contributed by atoms with Gasteiger partial charge in [0.05, 0.1) is 6.04 Å². The molecule has 0 spiro atoms. The van der Waals surface area contributed by atoms with Crippen LogP contribution in [0.3, 0.4) is 0 Å². The number of hydrogen-bond donors (Lipinski definition) is 1. The van der Waals surface area contributed by atoms with E-state index in [1.165, 1.54) is 10.1 Å². The van der Waals surface area contributed by atoms with Gasteiger partial charge in [-0.05, 0) is 47.5 Å². The van der Waals surface area contributed by atoms with Crippen LogP contribution >= 0.6 is 22.9 Å². The summed E-state index contributed by atoms with van der Waals surface area (Å²) in [6.45, 7) is 1.98. The quantitative estimate of drug-likeness (QED) is 0.733. The number of thiophene rings is 1. The van der Waals surface area contributed by atoms with E-state index in [-0.39, 0.29) is 12.1 Å². The minimum atomic E-state index is -0.189. The van der Waals surface area contributed by atoms with Crippen LogP contribution in [0.2, 0.25) is 5.02 Å². The largest absolute Gasteiger partial charge is 0.489 e. The van der Waals surface area contributed by atoms with Crippen molar-refractivity contribution in [2.45, 2.75) is 19.1 Å². The summed E-state index contributed by atoms with van der Waals surface area (Å²) in [5.41, 5.74) is 7.52. The molecule has 3 rings (SSSR count). The van der Waals surface area contributed by atoms with Crippen LogP contribution in [0.4, 0.5) is 0 Å². The molecule has 2 aromatic carbocycles. The first-order valence-electron chi connectivity index (χ1n) is 6.79.